The first-order valence-corrected chi connectivity index (χ1v) is 9.40. The van der Waals surface area contributed by atoms with E-state index in [-0.39, 0.29) is 18.1 Å². The third kappa shape index (κ3) is 5.20. The van der Waals surface area contributed by atoms with Gasteiger partial charge in [-0.15, -0.1) is 11.3 Å². The highest BCUT2D eigenvalue weighted by atomic mass is 32.1. The van der Waals surface area contributed by atoms with Crippen molar-refractivity contribution in [2.45, 2.75) is 13.0 Å². The van der Waals surface area contributed by atoms with Gasteiger partial charge in [-0.1, -0.05) is 12.1 Å². The van der Waals surface area contributed by atoms with Gasteiger partial charge in [0.05, 0.1) is 32.0 Å². The molecule has 0 bridgehead atoms. The van der Waals surface area contributed by atoms with Crippen molar-refractivity contribution in [3.8, 4) is 11.5 Å². The summed E-state index contributed by atoms with van der Waals surface area (Å²) in [7, 11) is 3.18. The van der Waals surface area contributed by atoms with E-state index in [9.17, 15) is 9.18 Å². The van der Waals surface area contributed by atoms with Gasteiger partial charge in [0, 0.05) is 18.0 Å². The molecule has 3 rings (SSSR count). The van der Waals surface area contributed by atoms with Gasteiger partial charge in [-0.2, -0.15) is 0 Å². The van der Waals surface area contributed by atoms with E-state index < -0.39 is 0 Å². The number of carbonyl (C=O) groups excluding carboxylic acids is 1. The number of hydrogen-bond acceptors (Lipinski definition) is 6. The normalized spacial score (nSPS) is 10.4. The number of aromatic nitrogens is 1. The highest BCUT2D eigenvalue weighted by Crippen LogP contribution is 2.32. The SMILES string of the molecule is COc1ccc(OC)c(Nc2nc(CC(=O)NCc3ccc(F)cc3)cs2)c1. The number of carbonyl (C=O) groups is 1. The van der Waals surface area contributed by atoms with Crippen molar-refractivity contribution in [1.29, 1.82) is 0 Å². The second-order valence-corrected chi connectivity index (χ2v) is 6.77. The molecule has 1 amide bonds. The van der Waals surface area contributed by atoms with Gasteiger partial charge in [0.25, 0.3) is 0 Å². The van der Waals surface area contributed by atoms with Gasteiger partial charge < -0.3 is 20.1 Å². The standard InChI is InChI=1S/C20H20FN3O3S/c1-26-16-7-8-18(27-2)17(10-16)24-20-23-15(12-28-20)9-19(25)22-11-13-3-5-14(21)6-4-13/h3-8,10,12H,9,11H2,1-2H3,(H,22,25)(H,23,24). The van der Waals surface area contributed by atoms with Gasteiger partial charge in [0.2, 0.25) is 5.91 Å². The van der Waals surface area contributed by atoms with Crippen LogP contribution in [0, 0.1) is 5.82 Å². The molecule has 3 aromatic rings. The lowest BCUT2D eigenvalue weighted by molar-refractivity contribution is -0.120. The van der Waals surface area contributed by atoms with Gasteiger partial charge in [-0.25, -0.2) is 9.37 Å². The van der Waals surface area contributed by atoms with Crippen LogP contribution in [-0.4, -0.2) is 25.1 Å². The third-order valence-electron chi connectivity index (χ3n) is 3.94. The van der Waals surface area contributed by atoms with Crippen LogP contribution < -0.4 is 20.1 Å². The van der Waals surface area contributed by atoms with E-state index in [2.05, 4.69) is 15.6 Å². The second-order valence-electron chi connectivity index (χ2n) is 5.92. The Balaban J connectivity index is 1.58. The minimum absolute atomic E-state index is 0.153. The molecule has 0 atom stereocenters. The summed E-state index contributed by atoms with van der Waals surface area (Å²) in [6.07, 6.45) is 0.161. The fourth-order valence-electron chi connectivity index (χ4n) is 2.50. The van der Waals surface area contributed by atoms with E-state index in [0.717, 1.165) is 11.3 Å². The molecule has 8 heteroatoms. The van der Waals surface area contributed by atoms with Crippen molar-refractivity contribution < 1.29 is 18.7 Å². The number of halogens is 1. The molecule has 0 aliphatic heterocycles. The molecule has 28 heavy (non-hydrogen) atoms. The van der Waals surface area contributed by atoms with Gasteiger partial charge in [-0.3, -0.25) is 4.79 Å². The smallest absolute Gasteiger partial charge is 0.226 e. The lowest BCUT2D eigenvalue weighted by Crippen LogP contribution is -2.24. The number of nitrogens with zero attached hydrogens (tertiary/aromatic N) is 1. The summed E-state index contributed by atoms with van der Waals surface area (Å²) < 4.78 is 23.5. The largest absolute Gasteiger partial charge is 0.497 e. The van der Waals surface area contributed by atoms with E-state index in [1.807, 2.05) is 17.5 Å². The molecule has 1 aromatic heterocycles. The summed E-state index contributed by atoms with van der Waals surface area (Å²) in [6.45, 7) is 0.343. The summed E-state index contributed by atoms with van der Waals surface area (Å²) in [5.41, 5.74) is 2.22. The Morgan fingerprint density at radius 3 is 2.64 bits per heavy atom. The molecular formula is C20H20FN3O3S. The average Bonchev–Trinajstić information content (AvgIpc) is 3.14. The van der Waals surface area contributed by atoms with Crippen molar-refractivity contribution >= 4 is 28.1 Å². The lowest BCUT2D eigenvalue weighted by atomic mass is 10.2. The zero-order valence-electron chi connectivity index (χ0n) is 15.5. The minimum Gasteiger partial charge on any atom is -0.497 e. The van der Waals surface area contributed by atoms with Crippen LogP contribution in [0.25, 0.3) is 0 Å². The third-order valence-corrected chi connectivity index (χ3v) is 4.75. The first-order valence-electron chi connectivity index (χ1n) is 8.52. The number of methoxy groups -OCH3 is 2. The molecule has 0 saturated carbocycles. The van der Waals surface area contributed by atoms with E-state index in [1.165, 1.54) is 23.5 Å². The molecule has 0 unspecified atom stereocenters. The molecule has 2 N–H and O–H groups in total. The summed E-state index contributed by atoms with van der Waals surface area (Å²) in [5.74, 6) is 0.903. The molecule has 0 aliphatic rings. The zero-order chi connectivity index (χ0) is 19.9. The minimum atomic E-state index is -0.301. The quantitative estimate of drug-likeness (QED) is 0.599. The molecule has 1 heterocycles. The molecule has 2 aromatic carbocycles. The number of amides is 1. The van der Waals surface area contributed by atoms with Crippen LogP contribution in [0.3, 0.4) is 0 Å². The first-order chi connectivity index (χ1) is 13.6. The van der Waals surface area contributed by atoms with E-state index in [4.69, 9.17) is 9.47 Å². The lowest BCUT2D eigenvalue weighted by Gasteiger charge is -2.10. The monoisotopic (exact) mass is 401 g/mol. The molecule has 0 spiro atoms. The molecule has 0 saturated heterocycles. The van der Waals surface area contributed by atoms with Gasteiger partial charge in [-0.05, 0) is 29.8 Å². The van der Waals surface area contributed by atoms with Crippen LogP contribution in [0.1, 0.15) is 11.3 Å². The van der Waals surface area contributed by atoms with Gasteiger partial charge >= 0.3 is 0 Å². The van der Waals surface area contributed by atoms with Crippen LogP contribution >= 0.6 is 11.3 Å². The first kappa shape index (κ1) is 19.6. The summed E-state index contributed by atoms with van der Waals surface area (Å²) in [6, 6.07) is 11.4. The fourth-order valence-corrected chi connectivity index (χ4v) is 3.22. The maximum absolute atomic E-state index is 12.9. The van der Waals surface area contributed by atoms with E-state index >= 15 is 0 Å². The van der Waals surface area contributed by atoms with Crippen LogP contribution in [0.15, 0.2) is 47.8 Å². The Morgan fingerprint density at radius 2 is 1.93 bits per heavy atom. The maximum atomic E-state index is 12.9. The van der Waals surface area contributed by atoms with Gasteiger partial charge in [0.15, 0.2) is 5.13 Å². The van der Waals surface area contributed by atoms with Crippen molar-refractivity contribution in [2.75, 3.05) is 19.5 Å². The number of ether oxygens (including phenoxy) is 2. The van der Waals surface area contributed by atoms with Crippen LogP contribution in [-0.2, 0) is 17.8 Å². The second kappa shape index (κ2) is 9.18. The Labute approximate surface area is 166 Å². The summed E-state index contributed by atoms with van der Waals surface area (Å²) in [5, 5.41) is 8.47. The van der Waals surface area contributed by atoms with Gasteiger partial charge in [0.1, 0.15) is 17.3 Å². The van der Waals surface area contributed by atoms with Crippen LogP contribution in [0.4, 0.5) is 15.2 Å². The zero-order valence-corrected chi connectivity index (χ0v) is 16.3. The number of thiazole rings is 1. The molecular weight excluding hydrogens is 381 g/mol. The van der Waals surface area contributed by atoms with Crippen molar-refractivity contribution in [3.63, 3.8) is 0 Å². The molecule has 146 valence electrons. The highest BCUT2D eigenvalue weighted by Gasteiger charge is 2.11. The topological polar surface area (TPSA) is 72.5 Å². The molecule has 0 fully saturated rings. The number of anilines is 2. The maximum Gasteiger partial charge on any atom is 0.226 e. The molecule has 6 nitrogen and oxygen atoms in total. The highest BCUT2D eigenvalue weighted by molar-refractivity contribution is 7.13. The van der Waals surface area contributed by atoms with E-state index in [0.29, 0.717) is 28.9 Å². The fraction of sp³-hybridized carbons (Fsp3) is 0.200. The number of rotatable bonds is 8. The van der Waals surface area contributed by atoms with Crippen molar-refractivity contribution in [1.82, 2.24) is 10.3 Å². The van der Waals surface area contributed by atoms with Crippen LogP contribution in [0.5, 0.6) is 11.5 Å². The number of nitrogens with one attached hydrogen (secondary N) is 2. The number of hydrogen-bond donors (Lipinski definition) is 2. The van der Waals surface area contributed by atoms with Crippen LogP contribution in [0.2, 0.25) is 0 Å². The Hall–Kier alpha value is -3.13. The average molecular weight is 401 g/mol. The predicted molar refractivity (Wildman–Crippen MR) is 107 cm³/mol. The summed E-state index contributed by atoms with van der Waals surface area (Å²) >= 11 is 1.39. The van der Waals surface area contributed by atoms with E-state index in [1.54, 1.807) is 32.4 Å². The molecule has 0 aliphatic carbocycles. The Bertz CT molecular complexity index is 944. The van der Waals surface area contributed by atoms with Crippen molar-refractivity contribution in [2.24, 2.45) is 0 Å². The molecule has 0 radical (unpaired) electrons. The Morgan fingerprint density at radius 1 is 1.14 bits per heavy atom. The number of benzene rings is 2. The summed E-state index contributed by atoms with van der Waals surface area (Å²) in [4.78, 5) is 16.6. The Kier molecular flexibility index (Phi) is 6.44. The van der Waals surface area contributed by atoms with Crippen molar-refractivity contribution in [3.05, 3.63) is 64.9 Å². The predicted octanol–water partition coefficient (Wildman–Crippen LogP) is 3.90.